The second-order valence-electron chi connectivity index (χ2n) is 2.73. The third-order valence-corrected chi connectivity index (χ3v) is 1.81. The van der Waals surface area contributed by atoms with Gasteiger partial charge in [-0.25, -0.2) is 8.78 Å². The maximum atomic E-state index is 12.6. The van der Waals surface area contributed by atoms with Crippen LogP contribution in [0.3, 0.4) is 0 Å². The van der Waals surface area contributed by atoms with Gasteiger partial charge in [-0.3, -0.25) is 4.79 Å². The number of hydrogen-bond acceptors (Lipinski definition) is 1. The highest BCUT2D eigenvalue weighted by atomic mass is 19.2. The molecule has 0 spiro atoms. The van der Waals surface area contributed by atoms with Crippen molar-refractivity contribution in [2.75, 3.05) is 0 Å². The molecule has 70 valence electrons. The van der Waals surface area contributed by atoms with Crippen molar-refractivity contribution in [3.8, 4) is 0 Å². The summed E-state index contributed by atoms with van der Waals surface area (Å²) in [6.07, 6.45) is 0. The van der Waals surface area contributed by atoms with E-state index >= 15 is 0 Å². The van der Waals surface area contributed by atoms with E-state index in [-0.39, 0.29) is 5.56 Å². The SMILES string of the molecule is C[C@H](C(=O)O)c1ccc(F)c(F)c1. The molecular formula is C9H8F2O2. The van der Waals surface area contributed by atoms with Crippen molar-refractivity contribution >= 4 is 5.97 Å². The molecule has 0 radical (unpaired) electrons. The molecule has 0 unspecified atom stereocenters. The lowest BCUT2D eigenvalue weighted by atomic mass is 10.0. The number of benzene rings is 1. The number of aliphatic carboxylic acids is 1. The lowest BCUT2D eigenvalue weighted by Gasteiger charge is -2.05. The lowest BCUT2D eigenvalue weighted by Crippen LogP contribution is -2.07. The number of halogens is 2. The normalized spacial score (nSPS) is 12.5. The van der Waals surface area contributed by atoms with Crippen molar-refractivity contribution in [2.24, 2.45) is 0 Å². The van der Waals surface area contributed by atoms with Crippen molar-refractivity contribution in [3.05, 3.63) is 35.4 Å². The van der Waals surface area contributed by atoms with Gasteiger partial charge >= 0.3 is 5.97 Å². The lowest BCUT2D eigenvalue weighted by molar-refractivity contribution is -0.138. The van der Waals surface area contributed by atoms with E-state index in [0.29, 0.717) is 0 Å². The van der Waals surface area contributed by atoms with E-state index in [0.717, 1.165) is 12.1 Å². The molecule has 1 aromatic carbocycles. The van der Waals surface area contributed by atoms with Crippen LogP contribution in [0, 0.1) is 11.6 Å². The van der Waals surface area contributed by atoms with Crippen LogP contribution in [0.15, 0.2) is 18.2 Å². The molecule has 2 nitrogen and oxygen atoms in total. The minimum absolute atomic E-state index is 0.256. The van der Waals surface area contributed by atoms with E-state index in [4.69, 9.17) is 5.11 Å². The van der Waals surface area contributed by atoms with Gasteiger partial charge in [0, 0.05) is 0 Å². The first-order chi connectivity index (χ1) is 6.02. The summed E-state index contributed by atoms with van der Waals surface area (Å²) in [6, 6.07) is 3.08. The summed E-state index contributed by atoms with van der Waals surface area (Å²) in [4.78, 5) is 10.5. The van der Waals surface area contributed by atoms with E-state index in [1.165, 1.54) is 13.0 Å². The maximum Gasteiger partial charge on any atom is 0.310 e. The Morgan fingerprint density at radius 3 is 2.46 bits per heavy atom. The molecule has 1 N–H and O–H groups in total. The molecule has 0 aromatic heterocycles. The molecule has 0 amide bonds. The molecule has 4 heteroatoms. The van der Waals surface area contributed by atoms with E-state index in [2.05, 4.69) is 0 Å². The summed E-state index contributed by atoms with van der Waals surface area (Å²) in [6.45, 7) is 1.41. The average molecular weight is 186 g/mol. The molecular weight excluding hydrogens is 178 g/mol. The standard InChI is InChI=1S/C9H8F2O2/c1-5(9(12)13)6-2-3-7(10)8(11)4-6/h2-5H,1H3,(H,12,13)/t5-/m0/s1. The van der Waals surface area contributed by atoms with Gasteiger partial charge in [-0.1, -0.05) is 6.07 Å². The fourth-order valence-corrected chi connectivity index (χ4v) is 0.924. The molecule has 0 aliphatic heterocycles. The first kappa shape index (κ1) is 9.64. The van der Waals surface area contributed by atoms with Crippen LogP contribution in [0.1, 0.15) is 18.4 Å². The molecule has 0 heterocycles. The van der Waals surface area contributed by atoms with Crippen LogP contribution >= 0.6 is 0 Å². The summed E-state index contributed by atoms with van der Waals surface area (Å²) in [5, 5.41) is 8.58. The van der Waals surface area contributed by atoms with Crippen molar-refractivity contribution < 1.29 is 18.7 Å². The van der Waals surface area contributed by atoms with Crippen LogP contribution < -0.4 is 0 Å². The fraction of sp³-hybridized carbons (Fsp3) is 0.222. The highest BCUT2D eigenvalue weighted by molar-refractivity contribution is 5.75. The van der Waals surface area contributed by atoms with Gasteiger partial charge in [-0.2, -0.15) is 0 Å². The Morgan fingerprint density at radius 2 is 2.00 bits per heavy atom. The predicted octanol–water partition coefficient (Wildman–Crippen LogP) is 2.15. The van der Waals surface area contributed by atoms with Gasteiger partial charge in [-0.15, -0.1) is 0 Å². The van der Waals surface area contributed by atoms with E-state index in [9.17, 15) is 13.6 Å². The highest BCUT2D eigenvalue weighted by Crippen LogP contribution is 2.17. The Balaban J connectivity index is 3.03. The Labute approximate surface area is 73.8 Å². The first-order valence-corrected chi connectivity index (χ1v) is 3.70. The van der Waals surface area contributed by atoms with Gasteiger partial charge in [0.1, 0.15) is 0 Å². The Hall–Kier alpha value is -1.45. The topological polar surface area (TPSA) is 37.3 Å². The minimum Gasteiger partial charge on any atom is -0.481 e. The Bertz CT molecular complexity index is 336. The molecule has 1 atom stereocenters. The average Bonchev–Trinajstić information content (AvgIpc) is 2.08. The zero-order chi connectivity index (χ0) is 10.0. The van der Waals surface area contributed by atoms with Crippen molar-refractivity contribution in [1.29, 1.82) is 0 Å². The second-order valence-corrected chi connectivity index (χ2v) is 2.73. The van der Waals surface area contributed by atoms with Crippen LogP contribution in [-0.2, 0) is 4.79 Å². The number of carbonyl (C=O) groups is 1. The van der Waals surface area contributed by atoms with Crippen LogP contribution in [0.2, 0.25) is 0 Å². The summed E-state index contributed by atoms with van der Waals surface area (Å²) < 4.78 is 25.1. The maximum absolute atomic E-state index is 12.6. The Kier molecular flexibility index (Phi) is 2.60. The highest BCUT2D eigenvalue weighted by Gasteiger charge is 2.15. The van der Waals surface area contributed by atoms with Crippen LogP contribution in [0.5, 0.6) is 0 Å². The van der Waals surface area contributed by atoms with Gasteiger partial charge in [0.15, 0.2) is 11.6 Å². The molecule has 1 rings (SSSR count). The van der Waals surface area contributed by atoms with Crippen LogP contribution in [-0.4, -0.2) is 11.1 Å². The summed E-state index contributed by atoms with van der Waals surface area (Å²) in [5.41, 5.74) is 0.256. The second kappa shape index (κ2) is 3.51. The zero-order valence-corrected chi connectivity index (χ0v) is 6.92. The quantitative estimate of drug-likeness (QED) is 0.768. The molecule has 0 fully saturated rings. The fourth-order valence-electron chi connectivity index (χ4n) is 0.924. The molecule has 0 aliphatic carbocycles. The van der Waals surface area contributed by atoms with Crippen LogP contribution in [0.4, 0.5) is 8.78 Å². The summed E-state index contributed by atoms with van der Waals surface area (Å²) in [5.74, 6) is -3.88. The predicted molar refractivity (Wildman–Crippen MR) is 42.4 cm³/mol. The molecule has 0 bridgehead atoms. The monoisotopic (exact) mass is 186 g/mol. The summed E-state index contributed by atoms with van der Waals surface area (Å²) >= 11 is 0. The molecule has 13 heavy (non-hydrogen) atoms. The van der Waals surface area contributed by atoms with Crippen molar-refractivity contribution in [3.63, 3.8) is 0 Å². The van der Waals surface area contributed by atoms with E-state index < -0.39 is 23.5 Å². The number of rotatable bonds is 2. The molecule has 0 saturated carbocycles. The smallest absolute Gasteiger partial charge is 0.310 e. The van der Waals surface area contributed by atoms with Crippen molar-refractivity contribution in [2.45, 2.75) is 12.8 Å². The molecule has 0 aliphatic rings. The third-order valence-electron chi connectivity index (χ3n) is 1.81. The first-order valence-electron chi connectivity index (χ1n) is 3.70. The third kappa shape index (κ3) is 2.02. The Morgan fingerprint density at radius 1 is 1.38 bits per heavy atom. The summed E-state index contributed by atoms with van der Waals surface area (Å²) in [7, 11) is 0. The van der Waals surface area contributed by atoms with Crippen LogP contribution in [0.25, 0.3) is 0 Å². The molecule has 1 aromatic rings. The number of hydrogen-bond donors (Lipinski definition) is 1. The van der Waals surface area contributed by atoms with Gasteiger partial charge in [0.2, 0.25) is 0 Å². The van der Waals surface area contributed by atoms with Gasteiger partial charge in [-0.05, 0) is 24.6 Å². The van der Waals surface area contributed by atoms with Crippen molar-refractivity contribution in [1.82, 2.24) is 0 Å². The van der Waals surface area contributed by atoms with Gasteiger partial charge in [0.25, 0.3) is 0 Å². The number of carboxylic acid groups (broad SMARTS) is 1. The largest absolute Gasteiger partial charge is 0.481 e. The zero-order valence-electron chi connectivity index (χ0n) is 6.92. The van der Waals surface area contributed by atoms with Gasteiger partial charge < -0.3 is 5.11 Å². The van der Waals surface area contributed by atoms with E-state index in [1.54, 1.807) is 0 Å². The molecule has 0 saturated heterocycles. The minimum atomic E-state index is -1.06. The van der Waals surface area contributed by atoms with E-state index in [1.807, 2.05) is 0 Å². The number of carboxylic acids is 1. The van der Waals surface area contributed by atoms with Gasteiger partial charge in [0.05, 0.1) is 5.92 Å².